The predicted octanol–water partition coefficient (Wildman–Crippen LogP) is 2.18. The summed E-state index contributed by atoms with van der Waals surface area (Å²) < 4.78 is 0. The van der Waals surface area contributed by atoms with Crippen LogP contribution >= 0.6 is 0 Å². The van der Waals surface area contributed by atoms with E-state index in [-0.39, 0.29) is 0 Å². The SMILES string of the molecule is BC1CCN(C(C)C)CC(C)CC1C. The Bertz CT molecular complexity index is 170. The Morgan fingerprint density at radius 2 is 1.93 bits per heavy atom. The highest BCUT2D eigenvalue weighted by Crippen LogP contribution is 2.29. The fourth-order valence-electron chi connectivity index (χ4n) is 2.56. The Kier molecular flexibility index (Phi) is 4.50. The maximum atomic E-state index is 2.65. The van der Waals surface area contributed by atoms with Crippen molar-refractivity contribution in [3.8, 4) is 0 Å². The summed E-state index contributed by atoms with van der Waals surface area (Å²) in [6, 6.07) is 0.720. The number of rotatable bonds is 1. The molecule has 0 radical (unpaired) electrons. The Morgan fingerprint density at radius 3 is 2.50 bits per heavy atom. The first-order valence-corrected chi connectivity index (χ1v) is 6.24. The van der Waals surface area contributed by atoms with E-state index in [1.54, 1.807) is 0 Å². The van der Waals surface area contributed by atoms with Gasteiger partial charge in [0.05, 0.1) is 0 Å². The molecule has 0 N–H and O–H groups in total. The van der Waals surface area contributed by atoms with E-state index < -0.39 is 0 Å². The maximum absolute atomic E-state index is 2.65. The van der Waals surface area contributed by atoms with Crippen molar-refractivity contribution in [3.05, 3.63) is 0 Å². The first-order chi connectivity index (χ1) is 6.50. The van der Waals surface area contributed by atoms with E-state index in [1.165, 1.54) is 25.9 Å². The van der Waals surface area contributed by atoms with Crippen molar-refractivity contribution in [2.75, 3.05) is 13.1 Å². The summed E-state index contributed by atoms with van der Waals surface area (Å²) in [6.45, 7) is 12.1. The van der Waals surface area contributed by atoms with Gasteiger partial charge >= 0.3 is 0 Å². The molecule has 1 fully saturated rings. The number of nitrogens with zero attached hydrogens (tertiary/aromatic N) is 1. The van der Waals surface area contributed by atoms with Crippen LogP contribution in [0, 0.1) is 11.8 Å². The normalized spacial score (nSPS) is 36.8. The van der Waals surface area contributed by atoms with Gasteiger partial charge < -0.3 is 4.90 Å². The van der Waals surface area contributed by atoms with Crippen LogP contribution in [-0.4, -0.2) is 31.9 Å². The van der Waals surface area contributed by atoms with E-state index in [9.17, 15) is 0 Å². The molecule has 1 aliphatic heterocycles. The van der Waals surface area contributed by atoms with Crippen LogP contribution in [-0.2, 0) is 0 Å². The highest BCUT2D eigenvalue weighted by molar-refractivity contribution is 6.11. The minimum absolute atomic E-state index is 0.720. The molecule has 0 aromatic carbocycles. The van der Waals surface area contributed by atoms with Gasteiger partial charge in [-0.05, 0) is 45.1 Å². The van der Waals surface area contributed by atoms with E-state index in [4.69, 9.17) is 0 Å². The van der Waals surface area contributed by atoms with Crippen LogP contribution in [0.2, 0.25) is 5.82 Å². The average Bonchev–Trinajstić information content (AvgIpc) is 2.09. The van der Waals surface area contributed by atoms with Crippen molar-refractivity contribution >= 4 is 7.85 Å². The summed E-state index contributed by atoms with van der Waals surface area (Å²) in [7, 11) is 2.42. The zero-order valence-corrected chi connectivity index (χ0v) is 10.6. The monoisotopic (exact) mass is 195 g/mol. The summed E-state index contributed by atoms with van der Waals surface area (Å²) in [5, 5.41) is 0. The molecule has 1 nitrogen and oxygen atoms in total. The molecule has 0 saturated carbocycles. The van der Waals surface area contributed by atoms with Gasteiger partial charge in [-0.3, -0.25) is 0 Å². The van der Waals surface area contributed by atoms with Crippen LogP contribution < -0.4 is 0 Å². The molecule has 0 aliphatic carbocycles. The van der Waals surface area contributed by atoms with E-state index in [0.29, 0.717) is 0 Å². The topological polar surface area (TPSA) is 3.24 Å². The lowest BCUT2D eigenvalue weighted by Gasteiger charge is -2.35. The lowest BCUT2D eigenvalue weighted by Crippen LogP contribution is -2.38. The van der Waals surface area contributed by atoms with Gasteiger partial charge in [0.1, 0.15) is 7.85 Å². The van der Waals surface area contributed by atoms with Crippen molar-refractivity contribution < 1.29 is 0 Å². The first-order valence-electron chi connectivity index (χ1n) is 6.24. The van der Waals surface area contributed by atoms with Gasteiger partial charge in [-0.1, -0.05) is 19.7 Å². The molecule has 3 atom stereocenters. The molecule has 2 heteroatoms. The van der Waals surface area contributed by atoms with Crippen molar-refractivity contribution in [2.24, 2.45) is 11.8 Å². The summed E-state index contributed by atoms with van der Waals surface area (Å²) in [5.74, 6) is 2.69. The van der Waals surface area contributed by atoms with E-state index in [1.807, 2.05) is 0 Å². The van der Waals surface area contributed by atoms with E-state index >= 15 is 0 Å². The Hall–Kier alpha value is 0.0249. The van der Waals surface area contributed by atoms with Crippen LogP contribution in [0.3, 0.4) is 0 Å². The summed E-state index contributed by atoms with van der Waals surface area (Å²) in [6.07, 6.45) is 2.79. The zero-order valence-electron chi connectivity index (χ0n) is 10.6. The molecule has 0 spiro atoms. The van der Waals surface area contributed by atoms with Gasteiger partial charge in [-0.2, -0.15) is 0 Å². The molecule has 1 heterocycles. The lowest BCUT2D eigenvalue weighted by atomic mass is 9.71. The van der Waals surface area contributed by atoms with Crippen LogP contribution in [0.25, 0.3) is 0 Å². The van der Waals surface area contributed by atoms with Crippen molar-refractivity contribution in [1.29, 1.82) is 0 Å². The average molecular weight is 195 g/mol. The minimum Gasteiger partial charge on any atom is -0.301 e. The summed E-state index contributed by atoms with van der Waals surface area (Å²) in [5.41, 5.74) is 0. The molecule has 0 aromatic rings. The van der Waals surface area contributed by atoms with Gasteiger partial charge in [-0.15, -0.1) is 0 Å². The van der Waals surface area contributed by atoms with Crippen LogP contribution in [0.15, 0.2) is 0 Å². The van der Waals surface area contributed by atoms with Gasteiger partial charge in [0, 0.05) is 12.6 Å². The second kappa shape index (κ2) is 5.20. The molecular formula is C12H26BN. The molecular weight excluding hydrogens is 169 g/mol. The third kappa shape index (κ3) is 3.31. The predicted molar refractivity (Wildman–Crippen MR) is 66.6 cm³/mol. The second-order valence-electron chi connectivity index (χ2n) is 5.67. The van der Waals surface area contributed by atoms with Crippen molar-refractivity contribution in [1.82, 2.24) is 4.90 Å². The van der Waals surface area contributed by atoms with E-state index in [0.717, 1.165) is 23.7 Å². The number of hydrogen-bond donors (Lipinski definition) is 0. The molecule has 14 heavy (non-hydrogen) atoms. The number of hydrogen-bond acceptors (Lipinski definition) is 1. The third-order valence-electron chi connectivity index (χ3n) is 3.89. The van der Waals surface area contributed by atoms with Crippen LogP contribution in [0.4, 0.5) is 0 Å². The fraction of sp³-hybridized carbons (Fsp3) is 1.00. The molecule has 82 valence electrons. The standard InChI is InChI=1S/C12H26BN/c1-9(2)14-6-5-12(13)11(4)7-10(3)8-14/h9-12H,5-8,13H2,1-4H3. The summed E-state index contributed by atoms with van der Waals surface area (Å²) >= 11 is 0. The summed E-state index contributed by atoms with van der Waals surface area (Å²) in [4.78, 5) is 2.65. The van der Waals surface area contributed by atoms with Gasteiger partial charge in [0.2, 0.25) is 0 Å². The van der Waals surface area contributed by atoms with Crippen LogP contribution in [0.5, 0.6) is 0 Å². The Morgan fingerprint density at radius 1 is 1.29 bits per heavy atom. The fourth-order valence-corrected chi connectivity index (χ4v) is 2.56. The van der Waals surface area contributed by atoms with Crippen molar-refractivity contribution in [2.45, 2.75) is 52.4 Å². The lowest BCUT2D eigenvalue weighted by molar-refractivity contribution is 0.156. The van der Waals surface area contributed by atoms with Gasteiger partial charge in [-0.25, -0.2) is 0 Å². The molecule has 3 unspecified atom stereocenters. The van der Waals surface area contributed by atoms with Gasteiger partial charge in [0.15, 0.2) is 0 Å². The second-order valence-corrected chi connectivity index (χ2v) is 5.67. The minimum atomic E-state index is 0.720. The highest BCUT2D eigenvalue weighted by atomic mass is 15.1. The number of likely N-dealkylation sites (tertiary alicyclic amines) is 1. The smallest absolute Gasteiger partial charge is 0.105 e. The first kappa shape index (κ1) is 12.1. The largest absolute Gasteiger partial charge is 0.301 e. The van der Waals surface area contributed by atoms with Crippen LogP contribution in [0.1, 0.15) is 40.5 Å². The van der Waals surface area contributed by atoms with Gasteiger partial charge in [0.25, 0.3) is 0 Å². The zero-order chi connectivity index (χ0) is 10.7. The van der Waals surface area contributed by atoms with Crippen molar-refractivity contribution in [3.63, 3.8) is 0 Å². The molecule has 0 amide bonds. The maximum Gasteiger partial charge on any atom is 0.105 e. The third-order valence-corrected chi connectivity index (χ3v) is 3.89. The molecule has 1 aliphatic rings. The quantitative estimate of drug-likeness (QED) is 0.579. The Labute approximate surface area is 90.7 Å². The molecule has 1 rings (SSSR count). The highest BCUT2D eigenvalue weighted by Gasteiger charge is 2.22. The van der Waals surface area contributed by atoms with E-state index in [2.05, 4.69) is 40.4 Å². The molecule has 0 aromatic heterocycles. The molecule has 1 saturated heterocycles. The Balaban J connectivity index is 2.54. The molecule has 0 bridgehead atoms.